The van der Waals surface area contributed by atoms with Crippen LogP contribution in [0, 0.1) is 11.3 Å². The molecule has 1 saturated heterocycles. The zero-order chi connectivity index (χ0) is 17.1. The largest absolute Gasteiger partial charge is 0.479 e. The van der Waals surface area contributed by atoms with Crippen LogP contribution in [0.1, 0.15) is 52.9 Å². The van der Waals surface area contributed by atoms with E-state index in [0.29, 0.717) is 25.4 Å². The van der Waals surface area contributed by atoms with Gasteiger partial charge in [0.05, 0.1) is 6.10 Å². The predicted molar refractivity (Wildman–Crippen MR) is 85.1 cm³/mol. The molecule has 1 amide bonds. The lowest BCUT2D eigenvalue weighted by Crippen LogP contribution is -2.76. The highest BCUT2D eigenvalue weighted by atomic mass is 16.5. The van der Waals surface area contributed by atoms with E-state index in [1.54, 1.807) is 0 Å². The average molecular weight is 327 g/mol. The minimum atomic E-state index is -1.22. The summed E-state index contributed by atoms with van der Waals surface area (Å²) in [5.74, 6) is -0.652. The van der Waals surface area contributed by atoms with Crippen LogP contribution in [0.25, 0.3) is 0 Å². The summed E-state index contributed by atoms with van der Waals surface area (Å²) >= 11 is 0. The van der Waals surface area contributed by atoms with E-state index in [2.05, 4.69) is 5.32 Å². The van der Waals surface area contributed by atoms with Gasteiger partial charge in [-0.1, -0.05) is 13.8 Å². The first-order valence-corrected chi connectivity index (χ1v) is 8.57. The topological polar surface area (TPSA) is 84.9 Å². The summed E-state index contributed by atoms with van der Waals surface area (Å²) in [7, 11) is 0. The molecule has 1 heterocycles. The van der Waals surface area contributed by atoms with Crippen LogP contribution in [-0.4, -0.2) is 48.4 Å². The van der Waals surface area contributed by atoms with E-state index in [9.17, 15) is 14.7 Å². The second kappa shape index (κ2) is 7.18. The van der Waals surface area contributed by atoms with E-state index in [0.717, 1.165) is 32.5 Å². The van der Waals surface area contributed by atoms with E-state index < -0.39 is 16.9 Å². The van der Waals surface area contributed by atoms with Crippen molar-refractivity contribution in [1.82, 2.24) is 5.32 Å². The molecule has 132 valence electrons. The molecule has 0 aromatic rings. The van der Waals surface area contributed by atoms with Gasteiger partial charge < -0.3 is 19.9 Å². The van der Waals surface area contributed by atoms with E-state index in [-0.39, 0.29) is 12.0 Å². The van der Waals surface area contributed by atoms with Crippen LogP contribution in [0.4, 0.5) is 0 Å². The summed E-state index contributed by atoms with van der Waals surface area (Å²) < 4.78 is 10.9. The average Bonchev–Trinajstić information content (AvgIpc) is 2.52. The number of hydrogen-bond acceptors (Lipinski definition) is 4. The van der Waals surface area contributed by atoms with E-state index in [4.69, 9.17) is 9.47 Å². The molecule has 2 aliphatic rings. The molecule has 6 nitrogen and oxygen atoms in total. The summed E-state index contributed by atoms with van der Waals surface area (Å²) in [6.07, 6.45) is 3.31. The van der Waals surface area contributed by atoms with Crippen molar-refractivity contribution in [2.75, 3.05) is 19.8 Å². The van der Waals surface area contributed by atoms with Crippen LogP contribution in [-0.2, 0) is 19.1 Å². The van der Waals surface area contributed by atoms with Gasteiger partial charge in [-0.25, -0.2) is 4.79 Å². The highest BCUT2D eigenvalue weighted by Gasteiger charge is 2.66. The highest BCUT2D eigenvalue weighted by molar-refractivity contribution is 5.89. The lowest BCUT2D eigenvalue weighted by Gasteiger charge is -2.58. The SMILES string of the molecule is CCOC1CC(NC(=O)CCC2CCOCC2)(C(=O)O)C1(C)C. The van der Waals surface area contributed by atoms with Crippen molar-refractivity contribution in [3.63, 3.8) is 0 Å². The summed E-state index contributed by atoms with van der Waals surface area (Å²) in [5.41, 5.74) is -1.84. The van der Waals surface area contributed by atoms with Crippen molar-refractivity contribution < 1.29 is 24.2 Å². The fraction of sp³-hybridized carbons (Fsp3) is 0.882. The van der Waals surface area contributed by atoms with Gasteiger partial charge in [0.1, 0.15) is 5.54 Å². The maximum Gasteiger partial charge on any atom is 0.330 e. The first-order chi connectivity index (χ1) is 10.8. The molecule has 2 unspecified atom stereocenters. The first kappa shape index (κ1) is 18.2. The molecule has 2 fully saturated rings. The number of hydrogen-bond donors (Lipinski definition) is 2. The lowest BCUT2D eigenvalue weighted by molar-refractivity contribution is -0.194. The van der Waals surface area contributed by atoms with Crippen LogP contribution in [0.2, 0.25) is 0 Å². The molecule has 2 N–H and O–H groups in total. The van der Waals surface area contributed by atoms with Gasteiger partial charge in [0, 0.05) is 38.1 Å². The third kappa shape index (κ3) is 3.53. The Morgan fingerprint density at radius 2 is 1.96 bits per heavy atom. The third-order valence-corrected chi connectivity index (χ3v) is 5.60. The van der Waals surface area contributed by atoms with Crippen LogP contribution in [0.15, 0.2) is 0 Å². The Kier molecular flexibility index (Phi) is 5.68. The van der Waals surface area contributed by atoms with Crippen LogP contribution >= 0.6 is 0 Å². The Balaban J connectivity index is 1.92. The molecule has 0 bridgehead atoms. The van der Waals surface area contributed by atoms with E-state index in [1.165, 1.54) is 0 Å². The van der Waals surface area contributed by atoms with Gasteiger partial charge in [-0.3, -0.25) is 4.79 Å². The number of carbonyl (C=O) groups is 2. The van der Waals surface area contributed by atoms with E-state index >= 15 is 0 Å². The number of carboxylic acid groups (broad SMARTS) is 1. The van der Waals surface area contributed by atoms with Crippen molar-refractivity contribution in [2.24, 2.45) is 11.3 Å². The number of carboxylic acids is 1. The molecule has 0 aromatic carbocycles. The Bertz CT molecular complexity index is 444. The maximum absolute atomic E-state index is 12.3. The normalized spacial score (nSPS) is 30.5. The van der Waals surface area contributed by atoms with Gasteiger partial charge in [-0.15, -0.1) is 0 Å². The Hall–Kier alpha value is -1.14. The van der Waals surface area contributed by atoms with Gasteiger partial charge >= 0.3 is 5.97 Å². The molecule has 1 saturated carbocycles. The molecule has 23 heavy (non-hydrogen) atoms. The molecule has 6 heteroatoms. The van der Waals surface area contributed by atoms with Crippen LogP contribution in [0.3, 0.4) is 0 Å². The highest BCUT2D eigenvalue weighted by Crippen LogP contribution is 2.51. The van der Waals surface area contributed by atoms with Crippen LogP contribution < -0.4 is 5.32 Å². The Labute approximate surface area is 137 Å². The fourth-order valence-electron chi connectivity index (χ4n) is 3.71. The van der Waals surface area contributed by atoms with Crippen molar-refractivity contribution >= 4 is 11.9 Å². The van der Waals surface area contributed by atoms with Gasteiger partial charge in [-0.2, -0.15) is 0 Å². The molecular formula is C17H29NO5. The summed E-state index contributed by atoms with van der Waals surface area (Å²) in [4.78, 5) is 24.1. The zero-order valence-corrected chi connectivity index (χ0v) is 14.4. The molecule has 0 spiro atoms. The third-order valence-electron chi connectivity index (χ3n) is 5.60. The maximum atomic E-state index is 12.3. The molecule has 2 rings (SSSR count). The van der Waals surface area contributed by atoms with Crippen LogP contribution in [0.5, 0.6) is 0 Å². The monoisotopic (exact) mass is 327 g/mol. The number of carbonyl (C=O) groups excluding carboxylic acids is 1. The number of amides is 1. The minimum Gasteiger partial charge on any atom is -0.479 e. The Morgan fingerprint density at radius 1 is 1.30 bits per heavy atom. The van der Waals surface area contributed by atoms with Crippen molar-refractivity contribution in [3.8, 4) is 0 Å². The second-order valence-corrected chi connectivity index (χ2v) is 7.22. The molecule has 1 aliphatic heterocycles. The van der Waals surface area contributed by atoms with Crippen molar-refractivity contribution in [1.29, 1.82) is 0 Å². The molecular weight excluding hydrogens is 298 g/mol. The first-order valence-electron chi connectivity index (χ1n) is 8.57. The standard InChI is InChI=1S/C17H29NO5/c1-4-23-13-11-17(15(20)21,16(13,2)3)18-14(19)6-5-12-7-9-22-10-8-12/h12-13H,4-11H2,1-3H3,(H,18,19)(H,20,21). The zero-order valence-electron chi connectivity index (χ0n) is 14.4. The Morgan fingerprint density at radius 3 is 2.48 bits per heavy atom. The summed E-state index contributed by atoms with van der Waals surface area (Å²) in [5, 5.41) is 12.5. The van der Waals surface area contributed by atoms with Crippen molar-refractivity contribution in [3.05, 3.63) is 0 Å². The van der Waals surface area contributed by atoms with Gasteiger partial charge in [0.25, 0.3) is 0 Å². The van der Waals surface area contributed by atoms with E-state index in [1.807, 2.05) is 20.8 Å². The lowest BCUT2D eigenvalue weighted by atomic mass is 9.54. The van der Waals surface area contributed by atoms with Crippen molar-refractivity contribution in [2.45, 2.75) is 64.5 Å². The predicted octanol–water partition coefficient (Wildman–Crippen LogP) is 1.97. The van der Waals surface area contributed by atoms with Gasteiger partial charge in [0.15, 0.2) is 0 Å². The molecule has 2 atom stereocenters. The fourth-order valence-corrected chi connectivity index (χ4v) is 3.71. The second-order valence-electron chi connectivity index (χ2n) is 7.22. The summed E-state index contributed by atoms with van der Waals surface area (Å²) in [6.45, 7) is 7.65. The van der Waals surface area contributed by atoms with Gasteiger partial charge in [0.2, 0.25) is 5.91 Å². The molecule has 0 aromatic heterocycles. The number of ether oxygens (including phenoxy) is 2. The summed E-state index contributed by atoms with van der Waals surface area (Å²) in [6, 6.07) is 0. The minimum absolute atomic E-state index is 0.139. The quantitative estimate of drug-likeness (QED) is 0.747. The number of aliphatic carboxylic acids is 1. The molecule has 0 radical (unpaired) electrons. The number of rotatable bonds is 7. The van der Waals surface area contributed by atoms with Gasteiger partial charge in [-0.05, 0) is 32.1 Å². The number of nitrogens with one attached hydrogen (secondary N) is 1. The smallest absolute Gasteiger partial charge is 0.330 e. The molecule has 1 aliphatic carbocycles.